The van der Waals surface area contributed by atoms with E-state index in [2.05, 4.69) is 19.0 Å². The molecular weight excluding hydrogens is 322 g/mol. The van der Waals surface area contributed by atoms with Crippen LogP contribution in [0.5, 0.6) is 0 Å². The van der Waals surface area contributed by atoms with Gasteiger partial charge in [-0.2, -0.15) is 0 Å². The predicted octanol–water partition coefficient (Wildman–Crippen LogP) is 5.30. The lowest BCUT2D eigenvalue weighted by Gasteiger charge is -2.48. The molecule has 2 saturated carbocycles. The molecule has 1 aromatic rings. The highest BCUT2D eigenvalue weighted by atomic mass is 16.6. The van der Waals surface area contributed by atoms with Gasteiger partial charge in [-0.15, -0.1) is 0 Å². The Balaban J connectivity index is 1.86. The molecule has 0 spiro atoms. The van der Waals surface area contributed by atoms with Crippen molar-refractivity contribution in [2.75, 3.05) is 20.6 Å². The highest BCUT2D eigenvalue weighted by Gasteiger charge is 2.47. The van der Waals surface area contributed by atoms with E-state index >= 15 is 0 Å². The topological polar surface area (TPSA) is 29.5 Å². The molecule has 3 rings (SSSR count). The minimum Gasteiger partial charge on any atom is -0.455 e. The van der Waals surface area contributed by atoms with Crippen LogP contribution in [0.15, 0.2) is 30.3 Å². The van der Waals surface area contributed by atoms with E-state index in [1.54, 1.807) is 0 Å². The van der Waals surface area contributed by atoms with Crippen LogP contribution >= 0.6 is 0 Å². The number of carbonyl (C=O) groups excluding carboxylic acids is 1. The lowest BCUT2D eigenvalue weighted by molar-refractivity contribution is -0.0973. The van der Waals surface area contributed by atoms with Gasteiger partial charge in [0.15, 0.2) is 0 Å². The molecule has 2 aliphatic carbocycles. The number of rotatable bonds is 6. The quantitative estimate of drug-likeness (QED) is 0.647. The predicted molar refractivity (Wildman–Crippen MR) is 106 cm³/mol. The average molecular weight is 358 g/mol. The molecule has 2 aliphatic rings. The monoisotopic (exact) mass is 357 g/mol. The van der Waals surface area contributed by atoms with Gasteiger partial charge in [0.1, 0.15) is 5.60 Å². The van der Waals surface area contributed by atoms with E-state index in [9.17, 15) is 4.79 Å². The Labute approximate surface area is 159 Å². The Morgan fingerprint density at radius 1 is 1.04 bits per heavy atom. The standard InChI is InChI=1S/C23H35NO2/c1-24(2)18-21(19-12-6-3-7-13-19)23(16-10-5-11-17-23)26-22(25)20-14-8-4-9-15-20/h4,8-9,14-15,19,21H,3,5-7,10-13,16-18H2,1-2H3. The zero-order valence-electron chi connectivity index (χ0n) is 16.6. The second-order valence-corrected chi connectivity index (χ2v) is 8.65. The summed E-state index contributed by atoms with van der Waals surface area (Å²) in [5, 5.41) is 0. The van der Waals surface area contributed by atoms with Gasteiger partial charge < -0.3 is 9.64 Å². The second-order valence-electron chi connectivity index (χ2n) is 8.65. The van der Waals surface area contributed by atoms with Crippen LogP contribution in [0.3, 0.4) is 0 Å². The van der Waals surface area contributed by atoms with Crippen molar-refractivity contribution in [1.82, 2.24) is 4.90 Å². The molecule has 0 aliphatic heterocycles. The first-order valence-corrected chi connectivity index (χ1v) is 10.5. The van der Waals surface area contributed by atoms with Gasteiger partial charge in [0.25, 0.3) is 0 Å². The Bertz CT molecular complexity index is 557. The van der Waals surface area contributed by atoms with Gasteiger partial charge in [0.05, 0.1) is 5.56 Å². The van der Waals surface area contributed by atoms with Crippen molar-refractivity contribution in [2.24, 2.45) is 11.8 Å². The fourth-order valence-electron chi connectivity index (χ4n) is 5.19. The average Bonchev–Trinajstić information content (AvgIpc) is 2.68. The van der Waals surface area contributed by atoms with Crippen LogP contribution in [0.2, 0.25) is 0 Å². The van der Waals surface area contributed by atoms with Gasteiger partial charge in [0, 0.05) is 12.5 Å². The summed E-state index contributed by atoms with van der Waals surface area (Å²) in [4.78, 5) is 15.3. The summed E-state index contributed by atoms with van der Waals surface area (Å²) in [6, 6.07) is 9.54. The Kier molecular flexibility index (Phi) is 6.74. The van der Waals surface area contributed by atoms with Crippen LogP contribution in [0.25, 0.3) is 0 Å². The number of hydrogen-bond acceptors (Lipinski definition) is 3. The number of esters is 1. The van der Waals surface area contributed by atoms with Crippen molar-refractivity contribution >= 4 is 5.97 Å². The van der Waals surface area contributed by atoms with Crippen molar-refractivity contribution in [3.05, 3.63) is 35.9 Å². The summed E-state index contributed by atoms with van der Waals surface area (Å²) in [5.74, 6) is 1.01. The Morgan fingerprint density at radius 3 is 2.27 bits per heavy atom. The third-order valence-electron chi connectivity index (χ3n) is 6.46. The van der Waals surface area contributed by atoms with Gasteiger partial charge in [0.2, 0.25) is 0 Å². The second kappa shape index (κ2) is 9.03. The number of benzene rings is 1. The molecule has 2 fully saturated rings. The van der Waals surface area contributed by atoms with Crippen molar-refractivity contribution in [3.8, 4) is 0 Å². The largest absolute Gasteiger partial charge is 0.455 e. The highest BCUT2D eigenvalue weighted by Crippen LogP contribution is 2.45. The summed E-state index contributed by atoms with van der Waals surface area (Å²) in [6.45, 7) is 1.02. The van der Waals surface area contributed by atoms with Crippen LogP contribution < -0.4 is 0 Å². The maximum atomic E-state index is 13.0. The third-order valence-corrected chi connectivity index (χ3v) is 6.46. The van der Waals surface area contributed by atoms with Gasteiger partial charge in [-0.05, 0) is 70.7 Å². The van der Waals surface area contributed by atoms with E-state index in [0.29, 0.717) is 17.4 Å². The smallest absolute Gasteiger partial charge is 0.338 e. The van der Waals surface area contributed by atoms with E-state index in [4.69, 9.17) is 4.74 Å². The number of ether oxygens (including phenoxy) is 1. The van der Waals surface area contributed by atoms with Gasteiger partial charge in [-0.1, -0.05) is 43.9 Å². The summed E-state index contributed by atoms with van der Waals surface area (Å²) in [5.41, 5.74) is 0.405. The molecule has 0 saturated heterocycles. The summed E-state index contributed by atoms with van der Waals surface area (Å²) >= 11 is 0. The fraction of sp³-hybridized carbons (Fsp3) is 0.696. The van der Waals surface area contributed by atoms with E-state index in [0.717, 1.165) is 19.4 Å². The maximum absolute atomic E-state index is 13.0. The normalized spacial score (nSPS) is 22.1. The SMILES string of the molecule is CN(C)CC(C1CCCCC1)C1(OC(=O)c2ccccc2)CCCCC1. The van der Waals surface area contributed by atoms with Crippen LogP contribution in [0.4, 0.5) is 0 Å². The van der Waals surface area contributed by atoms with Crippen LogP contribution in [-0.2, 0) is 4.74 Å². The molecule has 26 heavy (non-hydrogen) atoms. The molecule has 0 radical (unpaired) electrons. The number of nitrogens with zero attached hydrogens (tertiary/aromatic N) is 1. The molecule has 1 unspecified atom stereocenters. The summed E-state index contributed by atoms with van der Waals surface area (Å²) in [6.07, 6.45) is 12.3. The zero-order valence-corrected chi connectivity index (χ0v) is 16.6. The Hall–Kier alpha value is -1.35. The van der Waals surface area contributed by atoms with E-state index in [1.807, 2.05) is 30.3 Å². The molecule has 0 amide bonds. The van der Waals surface area contributed by atoms with E-state index in [1.165, 1.54) is 51.4 Å². The van der Waals surface area contributed by atoms with Gasteiger partial charge in [-0.25, -0.2) is 4.79 Å². The van der Waals surface area contributed by atoms with Crippen molar-refractivity contribution in [2.45, 2.75) is 69.8 Å². The van der Waals surface area contributed by atoms with E-state index in [-0.39, 0.29) is 11.6 Å². The first-order chi connectivity index (χ1) is 12.6. The number of carbonyl (C=O) groups is 1. The molecule has 0 bridgehead atoms. The van der Waals surface area contributed by atoms with Gasteiger partial charge >= 0.3 is 5.97 Å². The van der Waals surface area contributed by atoms with Crippen LogP contribution in [-0.4, -0.2) is 37.1 Å². The van der Waals surface area contributed by atoms with Crippen LogP contribution in [0, 0.1) is 11.8 Å². The third kappa shape index (κ3) is 4.68. The molecule has 0 heterocycles. The fourth-order valence-corrected chi connectivity index (χ4v) is 5.19. The summed E-state index contributed by atoms with van der Waals surface area (Å²) in [7, 11) is 4.32. The van der Waals surface area contributed by atoms with E-state index < -0.39 is 0 Å². The molecule has 3 heteroatoms. The zero-order chi connectivity index (χ0) is 18.4. The summed E-state index contributed by atoms with van der Waals surface area (Å²) < 4.78 is 6.42. The molecule has 3 nitrogen and oxygen atoms in total. The molecule has 144 valence electrons. The van der Waals surface area contributed by atoms with Crippen LogP contribution in [0.1, 0.15) is 74.6 Å². The lowest BCUT2D eigenvalue weighted by Crippen LogP contribution is -2.51. The minimum atomic E-state index is -0.280. The maximum Gasteiger partial charge on any atom is 0.338 e. The minimum absolute atomic E-state index is 0.132. The Morgan fingerprint density at radius 2 is 1.65 bits per heavy atom. The van der Waals surface area contributed by atoms with Crippen molar-refractivity contribution < 1.29 is 9.53 Å². The number of hydrogen-bond donors (Lipinski definition) is 0. The molecule has 1 atom stereocenters. The van der Waals surface area contributed by atoms with Crippen molar-refractivity contribution in [3.63, 3.8) is 0 Å². The molecular formula is C23H35NO2. The highest BCUT2D eigenvalue weighted by molar-refractivity contribution is 5.89. The first-order valence-electron chi connectivity index (χ1n) is 10.5. The lowest BCUT2D eigenvalue weighted by atomic mass is 9.66. The van der Waals surface area contributed by atoms with Crippen molar-refractivity contribution in [1.29, 1.82) is 0 Å². The molecule has 1 aromatic carbocycles. The molecule has 0 N–H and O–H groups in total. The van der Waals surface area contributed by atoms with Gasteiger partial charge in [-0.3, -0.25) is 0 Å². The molecule has 0 aromatic heterocycles. The first kappa shape index (κ1) is 19.4.